The van der Waals surface area contributed by atoms with Crippen molar-refractivity contribution in [1.29, 1.82) is 0 Å². The maximum absolute atomic E-state index is 14.2. The van der Waals surface area contributed by atoms with Gasteiger partial charge in [0.1, 0.15) is 17.4 Å². The zero-order chi connectivity index (χ0) is 14.3. The third-order valence-electron chi connectivity index (χ3n) is 3.93. The summed E-state index contributed by atoms with van der Waals surface area (Å²) >= 11 is 0. The molecule has 1 aromatic heterocycles. The largest absolute Gasteiger partial charge is 0.497 e. The van der Waals surface area contributed by atoms with E-state index in [9.17, 15) is 4.39 Å². The van der Waals surface area contributed by atoms with Crippen LogP contribution in [-0.4, -0.2) is 21.9 Å². The number of nitrogens with zero attached hydrogens (tertiary/aromatic N) is 3. The molecule has 0 fully saturated rings. The molecule has 0 spiro atoms. The molecule has 1 aliphatic rings. The fourth-order valence-electron chi connectivity index (χ4n) is 2.83. The number of hydrogen-bond donors (Lipinski definition) is 1. The minimum Gasteiger partial charge on any atom is -0.497 e. The van der Waals surface area contributed by atoms with E-state index in [1.54, 1.807) is 16.8 Å². The predicted molar refractivity (Wildman–Crippen MR) is 73.0 cm³/mol. The van der Waals surface area contributed by atoms with Crippen LogP contribution in [0, 0.1) is 11.7 Å². The van der Waals surface area contributed by atoms with E-state index in [0.717, 1.165) is 12.2 Å². The van der Waals surface area contributed by atoms with Crippen molar-refractivity contribution >= 4 is 5.95 Å². The monoisotopic (exact) mass is 276 g/mol. The zero-order valence-corrected chi connectivity index (χ0v) is 11.5. The third-order valence-corrected chi connectivity index (χ3v) is 3.93. The molecule has 0 radical (unpaired) electrons. The van der Waals surface area contributed by atoms with Crippen molar-refractivity contribution in [1.82, 2.24) is 14.8 Å². The molecule has 0 saturated carbocycles. The minimum atomic E-state index is -0.238. The van der Waals surface area contributed by atoms with Crippen LogP contribution in [0.5, 0.6) is 5.75 Å². The Morgan fingerprint density at radius 3 is 2.95 bits per heavy atom. The van der Waals surface area contributed by atoms with Crippen molar-refractivity contribution in [3.05, 3.63) is 35.4 Å². The highest BCUT2D eigenvalue weighted by Gasteiger charge is 2.30. The number of anilines is 1. The Hall–Kier alpha value is -2.11. The molecule has 2 atom stereocenters. The average Bonchev–Trinajstić information content (AvgIpc) is 2.77. The van der Waals surface area contributed by atoms with Gasteiger partial charge in [-0.25, -0.2) is 9.07 Å². The Kier molecular flexibility index (Phi) is 3.08. The molecule has 20 heavy (non-hydrogen) atoms. The number of aromatic nitrogens is 3. The van der Waals surface area contributed by atoms with Gasteiger partial charge in [0.25, 0.3) is 0 Å². The van der Waals surface area contributed by atoms with Crippen LogP contribution in [0.1, 0.15) is 24.2 Å². The number of fused-ring (bicyclic) bond motifs is 1. The SMILES string of the molecule is COc1ccc(C2Cn3nc(N)nc3CC2C)c(F)c1. The molecule has 1 aliphatic heterocycles. The highest BCUT2D eigenvalue weighted by molar-refractivity contribution is 5.32. The second-order valence-electron chi connectivity index (χ2n) is 5.24. The standard InChI is InChI=1S/C14H17FN4O/c1-8-5-13-17-14(16)18-19(13)7-11(8)10-4-3-9(20-2)6-12(10)15/h3-4,6,8,11H,5,7H2,1-2H3,(H2,16,18). The van der Waals surface area contributed by atoms with Gasteiger partial charge in [-0.1, -0.05) is 13.0 Å². The molecular formula is C14H17FN4O. The molecule has 0 bridgehead atoms. The van der Waals surface area contributed by atoms with E-state index in [-0.39, 0.29) is 23.6 Å². The number of halogens is 1. The van der Waals surface area contributed by atoms with Crippen molar-refractivity contribution < 1.29 is 9.13 Å². The second-order valence-corrected chi connectivity index (χ2v) is 5.24. The van der Waals surface area contributed by atoms with Crippen molar-refractivity contribution in [2.75, 3.05) is 12.8 Å². The topological polar surface area (TPSA) is 66.0 Å². The summed E-state index contributed by atoms with van der Waals surface area (Å²) in [4.78, 5) is 4.20. The number of hydrogen-bond acceptors (Lipinski definition) is 4. The number of ether oxygens (including phenoxy) is 1. The average molecular weight is 276 g/mol. The highest BCUT2D eigenvalue weighted by Crippen LogP contribution is 2.35. The lowest BCUT2D eigenvalue weighted by molar-refractivity contribution is 0.322. The summed E-state index contributed by atoms with van der Waals surface area (Å²) in [6, 6.07) is 5.00. The fraction of sp³-hybridized carbons (Fsp3) is 0.429. The minimum absolute atomic E-state index is 0.0644. The smallest absolute Gasteiger partial charge is 0.239 e. The van der Waals surface area contributed by atoms with Crippen molar-refractivity contribution in [3.63, 3.8) is 0 Å². The van der Waals surface area contributed by atoms with Crippen molar-refractivity contribution in [3.8, 4) is 5.75 Å². The Labute approximate surface area is 116 Å². The van der Waals surface area contributed by atoms with E-state index in [4.69, 9.17) is 10.5 Å². The van der Waals surface area contributed by atoms with E-state index >= 15 is 0 Å². The lowest BCUT2D eigenvalue weighted by Crippen LogP contribution is -2.27. The van der Waals surface area contributed by atoms with Gasteiger partial charge < -0.3 is 10.5 Å². The number of nitrogens with two attached hydrogens (primary N) is 1. The summed E-state index contributed by atoms with van der Waals surface area (Å²) in [5, 5.41) is 4.16. The zero-order valence-electron chi connectivity index (χ0n) is 11.5. The molecule has 2 N–H and O–H groups in total. The Morgan fingerprint density at radius 1 is 1.45 bits per heavy atom. The lowest BCUT2D eigenvalue weighted by Gasteiger charge is -2.29. The van der Waals surface area contributed by atoms with E-state index in [2.05, 4.69) is 17.0 Å². The summed E-state index contributed by atoms with van der Waals surface area (Å²) in [7, 11) is 1.53. The van der Waals surface area contributed by atoms with Gasteiger partial charge in [-0.15, -0.1) is 5.10 Å². The first-order valence-electron chi connectivity index (χ1n) is 6.61. The van der Waals surface area contributed by atoms with Gasteiger partial charge >= 0.3 is 0 Å². The van der Waals surface area contributed by atoms with Crippen LogP contribution >= 0.6 is 0 Å². The molecular weight excluding hydrogens is 259 g/mol. The molecule has 0 saturated heterocycles. The van der Waals surface area contributed by atoms with Gasteiger partial charge in [0.15, 0.2) is 0 Å². The maximum Gasteiger partial charge on any atom is 0.239 e. The van der Waals surface area contributed by atoms with Crippen LogP contribution in [0.3, 0.4) is 0 Å². The molecule has 0 amide bonds. The van der Waals surface area contributed by atoms with E-state index < -0.39 is 0 Å². The van der Waals surface area contributed by atoms with Gasteiger partial charge in [0.05, 0.1) is 13.7 Å². The van der Waals surface area contributed by atoms with Crippen LogP contribution in [0.4, 0.5) is 10.3 Å². The molecule has 1 aromatic carbocycles. The summed E-state index contributed by atoms with van der Waals surface area (Å²) < 4.78 is 21.0. The lowest BCUT2D eigenvalue weighted by atomic mass is 9.82. The van der Waals surface area contributed by atoms with Gasteiger partial charge in [-0.3, -0.25) is 0 Å². The molecule has 0 aliphatic carbocycles. The first-order chi connectivity index (χ1) is 9.58. The van der Waals surface area contributed by atoms with Gasteiger partial charge in [0.2, 0.25) is 5.95 Å². The molecule has 6 heteroatoms. The van der Waals surface area contributed by atoms with Crippen LogP contribution in [0.25, 0.3) is 0 Å². The first kappa shape index (κ1) is 12.9. The highest BCUT2D eigenvalue weighted by atomic mass is 19.1. The van der Waals surface area contributed by atoms with Crippen LogP contribution in [0.15, 0.2) is 18.2 Å². The number of nitrogen functional groups attached to an aromatic ring is 1. The molecule has 5 nitrogen and oxygen atoms in total. The fourth-order valence-corrected chi connectivity index (χ4v) is 2.83. The van der Waals surface area contributed by atoms with E-state index in [0.29, 0.717) is 17.9 Å². The van der Waals surface area contributed by atoms with Gasteiger partial charge in [0, 0.05) is 18.4 Å². The summed E-state index contributed by atoms with van der Waals surface area (Å²) in [6.07, 6.45) is 0.750. The van der Waals surface area contributed by atoms with Crippen LogP contribution in [0.2, 0.25) is 0 Å². The molecule has 3 rings (SSSR count). The number of methoxy groups -OCH3 is 1. The number of benzene rings is 1. The molecule has 2 aromatic rings. The quantitative estimate of drug-likeness (QED) is 0.911. The van der Waals surface area contributed by atoms with Crippen molar-refractivity contribution in [2.45, 2.75) is 25.8 Å². The molecule has 2 unspecified atom stereocenters. The Balaban J connectivity index is 1.94. The molecule has 106 valence electrons. The summed E-state index contributed by atoms with van der Waals surface area (Å²) in [5.74, 6) is 1.80. The number of rotatable bonds is 2. The Bertz CT molecular complexity index is 640. The summed E-state index contributed by atoms with van der Waals surface area (Å²) in [6.45, 7) is 2.70. The third kappa shape index (κ3) is 2.11. The Morgan fingerprint density at radius 2 is 2.25 bits per heavy atom. The predicted octanol–water partition coefficient (Wildman–Crippen LogP) is 1.98. The second kappa shape index (κ2) is 4.77. The van der Waals surface area contributed by atoms with Crippen molar-refractivity contribution in [2.24, 2.45) is 5.92 Å². The first-order valence-corrected chi connectivity index (χ1v) is 6.61. The van der Waals surface area contributed by atoms with Crippen LogP contribution in [-0.2, 0) is 13.0 Å². The van der Waals surface area contributed by atoms with Gasteiger partial charge in [-0.2, -0.15) is 4.98 Å². The van der Waals surface area contributed by atoms with Crippen LogP contribution < -0.4 is 10.5 Å². The van der Waals surface area contributed by atoms with E-state index in [1.165, 1.54) is 13.2 Å². The summed E-state index contributed by atoms with van der Waals surface area (Å²) in [5.41, 5.74) is 6.31. The van der Waals surface area contributed by atoms with E-state index in [1.807, 2.05) is 0 Å². The maximum atomic E-state index is 14.2. The van der Waals surface area contributed by atoms with Gasteiger partial charge in [-0.05, 0) is 17.5 Å². The normalized spacial score (nSPS) is 21.6. The molecule has 2 heterocycles.